The summed E-state index contributed by atoms with van der Waals surface area (Å²) in [6.07, 6.45) is 2.50. The summed E-state index contributed by atoms with van der Waals surface area (Å²) in [5.74, 6) is 0.561. The molecule has 0 atom stereocenters. The Labute approximate surface area is 128 Å². The quantitative estimate of drug-likeness (QED) is 0.780. The fraction of sp³-hybridized carbons (Fsp3) is 0.500. The van der Waals surface area contributed by atoms with E-state index in [0.717, 1.165) is 0 Å². The summed E-state index contributed by atoms with van der Waals surface area (Å²) in [6.45, 7) is 5.18. The van der Waals surface area contributed by atoms with Crippen LogP contribution in [0.4, 0.5) is 0 Å². The highest BCUT2D eigenvalue weighted by Gasteiger charge is 2.40. The first kappa shape index (κ1) is 15.0. The lowest BCUT2D eigenvalue weighted by atomic mass is 10.1. The van der Waals surface area contributed by atoms with Gasteiger partial charge in [-0.1, -0.05) is 6.92 Å². The average Bonchev–Trinajstić information content (AvgIpc) is 3.18. The standard InChI is InChI=1S/C14H17N3O4S/c1-4-12-15-16-14(21-12)13-8(2)11(7-18)9(3)17(13)22(19,20)10-5-6-10/h7,10H,4-6H2,1-3H3. The minimum atomic E-state index is -3.55. The maximum atomic E-state index is 12.7. The Morgan fingerprint density at radius 1 is 1.32 bits per heavy atom. The Kier molecular flexibility index (Phi) is 3.43. The molecule has 2 aromatic rings. The van der Waals surface area contributed by atoms with Gasteiger partial charge in [0, 0.05) is 17.7 Å². The van der Waals surface area contributed by atoms with Crippen LogP contribution in [0.25, 0.3) is 11.6 Å². The Balaban J connectivity index is 2.30. The molecule has 0 N–H and O–H groups in total. The highest BCUT2D eigenvalue weighted by molar-refractivity contribution is 7.91. The van der Waals surface area contributed by atoms with Crippen LogP contribution >= 0.6 is 0 Å². The number of carbonyl (C=O) groups excluding carboxylic acids is 1. The van der Waals surface area contributed by atoms with E-state index in [9.17, 15) is 13.2 Å². The Hall–Kier alpha value is -1.96. The summed E-state index contributed by atoms with van der Waals surface area (Å²) >= 11 is 0. The van der Waals surface area contributed by atoms with Crippen LogP contribution in [-0.4, -0.2) is 34.1 Å². The van der Waals surface area contributed by atoms with Crippen LogP contribution in [0.2, 0.25) is 0 Å². The summed E-state index contributed by atoms with van der Waals surface area (Å²) in [7, 11) is -3.55. The van der Waals surface area contributed by atoms with E-state index in [-0.39, 0.29) is 5.89 Å². The fourth-order valence-electron chi connectivity index (χ4n) is 2.57. The number of nitrogens with zero attached hydrogens (tertiary/aromatic N) is 3. The molecule has 0 saturated heterocycles. The monoisotopic (exact) mass is 323 g/mol. The third-order valence-corrected chi connectivity index (χ3v) is 6.23. The van der Waals surface area contributed by atoms with Crippen LogP contribution in [0, 0.1) is 13.8 Å². The molecule has 1 aliphatic rings. The first-order valence-corrected chi connectivity index (χ1v) is 8.66. The Bertz CT molecular complexity index is 844. The maximum Gasteiger partial charge on any atom is 0.265 e. The second kappa shape index (κ2) is 5.05. The Morgan fingerprint density at radius 3 is 2.50 bits per heavy atom. The van der Waals surface area contributed by atoms with Crippen LogP contribution in [0.3, 0.4) is 0 Å². The molecule has 1 aliphatic carbocycles. The van der Waals surface area contributed by atoms with Gasteiger partial charge in [0.15, 0.2) is 6.29 Å². The second-order valence-corrected chi connectivity index (χ2v) is 7.52. The molecule has 0 radical (unpaired) electrons. The lowest BCUT2D eigenvalue weighted by Crippen LogP contribution is -2.20. The summed E-state index contributed by atoms with van der Waals surface area (Å²) in [4.78, 5) is 11.3. The van der Waals surface area contributed by atoms with E-state index >= 15 is 0 Å². The molecule has 0 aliphatic heterocycles. The zero-order valence-corrected chi connectivity index (χ0v) is 13.5. The van der Waals surface area contributed by atoms with Gasteiger partial charge in [0.1, 0.15) is 5.69 Å². The van der Waals surface area contributed by atoms with Gasteiger partial charge in [0.2, 0.25) is 15.9 Å². The van der Waals surface area contributed by atoms with Gasteiger partial charge in [-0.25, -0.2) is 12.4 Å². The van der Waals surface area contributed by atoms with Crippen LogP contribution in [0.1, 0.15) is 47.3 Å². The van der Waals surface area contributed by atoms with E-state index in [4.69, 9.17) is 4.42 Å². The van der Waals surface area contributed by atoms with Gasteiger partial charge >= 0.3 is 0 Å². The first-order chi connectivity index (χ1) is 10.4. The summed E-state index contributed by atoms with van der Waals surface area (Å²) in [6, 6.07) is 0. The van der Waals surface area contributed by atoms with Gasteiger partial charge in [-0.15, -0.1) is 10.2 Å². The van der Waals surface area contributed by atoms with E-state index in [0.29, 0.717) is 54.0 Å². The smallest absolute Gasteiger partial charge is 0.265 e. The second-order valence-electron chi connectivity index (χ2n) is 5.45. The molecule has 7 nitrogen and oxygen atoms in total. The van der Waals surface area contributed by atoms with Crippen molar-refractivity contribution in [2.75, 3.05) is 0 Å². The largest absolute Gasteiger partial charge is 0.419 e. The van der Waals surface area contributed by atoms with E-state index < -0.39 is 15.3 Å². The molecular weight excluding hydrogens is 306 g/mol. The normalized spacial score (nSPS) is 15.2. The van der Waals surface area contributed by atoms with Gasteiger partial charge in [-0.05, 0) is 32.3 Å². The minimum Gasteiger partial charge on any atom is -0.419 e. The Morgan fingerprint density at radius 2 is 2.00 bits per heavy atom. The van der Waals surface area contributed by atoms with E-state index in [1.807, 2.05) is 6.92 Å². The molecule has 1 fully saturated rings. The molecule has 3 rings (SSSR count). The molecule has 0 spiro atoms. The van der Waals surface area contributed by atoms with Crippen molar-refractivity contribution in [2.45, 2.75) is 45.3 Å². The van der Waals surface area contributed by atoms with E-state index in [1.54, 1.807) is 13.8 Å². The number of aromatic nitrogens is 3. The molecule has 1 saturated carbocycles. The summed E-state index contributed by atoms with van der Waals surface area (Å²) in [5, 5.41) is 7.43. The van der Waals surface area contributed by atoms with Crippen molar-refractivity contribution >= 4 is 16.3 Å². The molecule has 118 valence electrons. The number of hydrogen-bond acceptors (Lipinski definition) is 6. The summed E-state index contributed by atoms with van der Waals surface area (Å²) in [5.41, 5.74) is 1.60. The lowest BCUT2D eigenvalue weighted by Gasteiger charge is -2.10. The van der Waals surface area contributed by atoms with E-state index in [2.05, 4.69) is 10.2 Å². The topological polar surface area (TPSA) is 95.1 Å². The van der Waals surface area contributed by atoms with Crippen molar-refractivity contribution in [3.05, 3.63) is 22.7 Å². The fourth-order valence-corrected chi connectivity index (χ4v) is 4.55. The van der Waals surface area contributed by atoms with Crippen molar-refractivity contribution in [1.82, 2.24) is 14.2 Å². The van der Waals surface area contributed by atoms with Crippen LogP contribution < -0.4 is 0 Å². The number of aryl methyl sites for hydroxylation is 1. The molecule has 0 amide bonds. The minimum absolute atomic E-state index is 0.134. The van der Waals surface area contributed by atoms with Crippen LogP contribution in [0.5, 0.6) is 0 Å². The molecule has 8 heteroatoms. The number of hydrogen-bond donors (Lipinski definition) is 0. The molecule has 22 heavy (non-hydrogen) atoms. The number of rotatable bonds is 5. The molecular formula is C14H17N3O4S. The zero-order valence-electron chi connectivity index (χ0n) is 12.7. The van der Waals surface area contributed by atoms with Crippen molar-refractivity contribution in [2.24, 2.45) is 0 Å². The third kappa shape index (κ3) is 2.09. The highest BCUT2D eigenvalue weighted by Crippen LogP contribution is 2.37. The third-order valence-electron chi connectivity index (χ3n) is 3.95. The summed E-state index contributed by atoms with van der Waals surface area (Å²) < 4.78 is 32.2. The molecule has 0 unspecified atom stereocenters. The number of aldehydes is 1. The maximum absolute atomic E-state index is 12.7. The molecule has 2 heterocycles. The van der Waals surface area contributed by atoms with Gasteiger partial charge < -0.3 is 4.42 Å². The average molecular weight is 323 g/mol. The van der Waals surface area contributed by atoms with Crippen molar-refractivity contribution in [3.63, 3.8) is 0 Å². The van der Waals surface area contributed by atoms with Crippen LogP contribution in [-0.2, 0) is 16.4 Å². The van der Waals surface area contributed by atoms with Crippen molar-refractivity contribution < 1.29 is 17.6 Å². The zero-order chi connectivity index (χ0) is 16.1. The van der Waals surface area contributed by atoms with Gasteiger partial charge in [0.05, 0.1) is 5.25 Å². The van der Waals surface area contributed by atoms with Gasteiger partial charge in [-0.3, -0.25) is 4.79 Å². The van der Waals surface area contributed by atoms with Gasteiger partial charge in [-0.2, -0.15) is 0 Å². The number of carbonyl (C=O) groups is 1. The molecule has 0 bridgehead atoms. The molecule has 0 aromatic carbocycles. The lowest BCUT2D eigenvalue weighted by molar-refractivity contribution is 0.112. The SMILES string of the molecule is CCc1nnc(-c2c(C)c(C=O)c(C)n2S(=O)(=O)C2CC2)o1. The van der Waals surface area contributed by atoms with Gasteiger partial charge in [0.25, 0.3) is 5.89 Å². The predicted octanol–water partition coefficient (Wildman–Crippen LogP) is 1.87. The van der Waals surface area contributed by atoms with Crippen molar-refractivity contribution in [1.29, 1.82) is 0 Å². The van der Waals surface area contributed by atoms with Crippen molar-refractivity contribution in [3.8, 4) is 11.6 Å². The van der Waals surface area contributed by atoms with E-state index in [1.165, 1.54) is 3.97 Å². The predicted molar refractivity (Wildman–Crippen MR) is 79.3 cm³/mol. The first-order valence-electron chi connectivity index (χ1n) is 7.16. The molecule has 2 aromatic heterocycles. The highest BCUT2D eigenvalue weighted by atomic mass is 32.2. The van der Waals surface area contributed by atoms with Crippen LogP contribution in [0.15, 0.2) is 4.42 Å².